The Hall–Kier alpha value is -1.45. The zero-order chi connectivity index (χ0) is 13.2. The van der Waals surface area contributed by atoms with E-state index in [2.05, 4.69) is 9.97 Å². The lowest BCUT2D eigenvalue weighted by Crippen LogP contribution is -2.09. The van der Waals surface area contributed by atoms with E-state index in [1.807, 2.05) is 12.4 Å². The number of methoxy groups -OCH3 is 1. The molecule has 0 bridgehead atoms. The first-order valence-electron chi connectivity index (χ1n) is 7.19. The molecule has 2 fully saturated rings. The maximum atomic E-state index is 11.4. The highest BCUT2D eigenvalue weighted by Crippen LogP contribution is 2.47. The van der Waals surface area contributed by atoms with Crippen molar-refractivity contribution in [3.8, 4) is 0 Å². The lowest BCUT2D eigenvalue weighted by Gasteiger charge is -2.19. The van der Waals surface area contributed by atoms with Gasteiger partial charge in [0.15, 0.2) is 0 Å². The molecule has 2 saturated carbocycles. The van der Waals surface area contributed by atoms with Crippen molar-refractivity contribution in [2.24, 2.45) is 5.92 Å². The van der Waals surface area contributed by atoms with Crippen molar-refractivity contribution < 1.29 is 9.53 Å². The molecule has 102 valence electrons. The molecule has 19 heavy (non-hydrogen) atoms. The smallest absolute Gasteiger partial charge is 0.309 e. The van der Waals surface area contributed by atoms with Crippen LogP contribution >= 0.6 is 0 Å². The molecule has 2 atom stereocenters. The van der Waals surface area contributed by atoms with Crippen LogP contribution < -0.4 is 0 Å². The third kappa shape index (κ3) is 2.62. The van der Waals surface area contributed by atoms with Crippen molar-refractivity contribution >= 4 is 5.97 Å². The van der Waals surface area contributed by atoms with Gasteiger partial charge in [-0.3, -0.25) is 4.79 Å². The number of rotatable bonds is 3. The first-order chi connectivity index (χ1) is 9.29. The summed E-state index contributed by atoms with van der Waals surface area (Å²) in [7, 11) is 1.44. The standard InChI is InChI=1S/C15H20N2O2/c1-19-15(18)13-7-12(13)11-8-16-14(17-9-11)10-5-3-2-4-6-10/h8-10,12-13H,2-7H2,1H3/t12-,13+/m1/s1. The highest BCUT2D eigenvalue weighted by atomic mass is 16.5. The first-order valence-corrected chi connectivity index (χ1v) is 7.19. The lowest BCUT2D eigenvalue weighted by atomic mass is 9.88. The Balaban J connectivity index is 1.65. The number of ether oxygens (including phenoxy) is 1. The van der Waals surface area contributed by atoms with Crippen molar-refractivity contribution in [2.45, 2.75) is 50.4 Å². The predicted molar refractivity (Wildman–Crippen MR) is 70.7 cm³/mol. The fourth-order valence-corrected chi connectivity index (χ4v) is 3.09. The predicted octanol–water partition coefficient (Wildman–Crippen LogP) is 2.80. The molecule has 4 nitrogen and oxygen atoms in total. The van der Waals surface area contributed by atoms with Crippen LogP contribution in [0.5, 0.6) is 0 Å². The van der Waals surface area contributed by atoms with Gasteiger partial charge in [0.2, 0.25) is 0 Å². The van der Waals surface area contributed by atoms with E-state index in [4.69, 9.17) is 4.74 Å². The van der Waals surface area contributed by atoms with Gasteiger partial charge < -0.3 is 4.74 Å². The Kier molecular flexibility index (Phi) is 3.49. The van der Waals surface area contributed by atoms with Crippen LogP contribution in [-0.4, -0.2) is 23.0 Å². The molecule has 4 heteroatoms. The van der Waals surface area contributed by atoms with Crippen molar-refractivity contribution in [3.63, 3.8) is 0 Å². The monoisotopic (exact) mass is 260 g/mol. The van der Waals surface area contributed by atoms with E-state index >= 15 is 0 Å². The molecule has 2 aliphatic carbocycles. The van der Waals surface area contributed by atoms with Crippen LogP contribution in [0.1, 0.15) is 61.7 Å². The first kappa shape index (κ1) is 12.6. The van der Waals surface area contributed by atoms with Crippen LogP contribution in [0.15, 0.2) is 12.4 Å². The number of nitrogens with zero attached hydrogens (tertiary/aromatic N) is 2. The zero-order valence-electron chi connectivity index (χ0n) is 11.3. The van der Waals surface area contributed by atoms with Crippen LogP contribution in [0.3, 0.4) is 0 Å². The molecular formula is C15H20N2O2. The summed E-state index contributed by atoms with van der Waals surface area (Å²) in [5.41, 5.74) is 1.08. The fraction of sp³-hybridized carbons (Fsp3) is 0.667. The van der Waals surface area contributed by atoms with Crippen LogP contribution in [0.25, 0.3) is 0 Å². The second-order valence-corrected chi connectivity index (χ2v) is 5.68. The molecule has 0 aromatic carbocycles. The average Bonchev–Trinajstić information content (AvgIpc) is 3.28. The maximum Gasteiger partial charge on any atom is 0.309 e. The molecule has 0 N–H and O–H groups in total. The van der Waals surface area contributed by atoms with E-state index in [1.54, 1.807) is 0 Å². The summed E-state index contributed by atoms with van der Waals surface area (Å²) in [6.45, 7) is 0. The molecular weight excluding hydrogens is 240 g/mol. The van der Waals surface area contributed by atoms with E-state index < -0.39 is 0 Å². The number of hydrogen-bond acceptors (Lipinski definition) is 4. The number of hydrogen-bond donors (Lipinski definition) is 0. The Labute approximate surface area is 113 Å². The maximum absolute atomic E-state index is 11.4. The van der Waals surface area contributed by atoms with Crippen LogP contribution in [0.4, 0.5) is 0 Å². The highest BCUT2D eigenvalue weighted by molar-refractivity contribution is 5.77. The van der Waals surface area contributed by atoms with Gasteiger partial charge in [-0.25, -0.2) is 9.97 Å². The molecule has 0 amide bonds. The van der Waals surface area contributed by atoms with E-state index in [0.717, 1.165) is 17.8 Å². The summed E-state index contributed by atoms with van der Waals surface area (Å²) in [5, 5.41) is 0. The minimum absolute atomic E-state index is 0.0223. The minimum atomic E-state index is -0.110. The number of carbonyl (C=O) groups is 1. The van der Waals surface area contributed by atoms with Gasteiger partial charge in [-0.05, 0) is 24.8 Å². The number of carbonyl (C=O) groups excluding carboxylic acids is 1. The molecule has 0 radical (unpaired) electrons. The largest absolute Gasteiger partial charge is 0.469 e. The summed E-state index contributed by atoms with van der Waals surface area (Å²) >= 11 is 0. The molecule has 1 aromatic rings. The van der Waals surface area contributed by atoms with Gasteiger partial charge in [0.1, 0.15) is 5.82 Å². The summed E-state index contributed by atoms with van der Waals surface area (Å²) in [5.74, 6) is 1.71. The van der Waals surface area contributed by atoms with Crippen molar-refractivity contribution in [1.82, 2.24) is 9.97 Å². The van der Waals surface area contributed by atoms with Gasteiger partial charge in [0, 0.05) is 24.2 Å². The molecule has 1 heterocycles. The molecule has 0 aliphatic heterocycles. The summed E-state index contributed by atoms with van der Waals surface area (Å²) < 4.78 is 4.77. The third-order valence-electron chi connectivity index (χ3n) is 4.38. The van der Waals surface area contributed by atoms with Gasteiger partial charge in [0.05, 0.1) is 13.0 Å². The molecule has 0 saturated heterocycles. The molecule has 1 aromatic heterocycles. The second-order valence-electron chi connectivity index (χ2n) is 5.68. The van der Waals surface area contributed by atoms with Crippen molar-refractivity contribution in [2.75, 3.05) is 7.11 Å². The Morgan fingerprint density at radius 2 is 1.89 bits per heavy atom. The molecule has 0 spiro atoms. The highest BCUT2D eigenvalue weighted by Gasteiger charge is 2.45. The van der Waals surface area contributed by atoms with Gasteiger partial charge in [-0.15, -0.1) is 0 Å². The van der Waals surface area contributed by atoms with Gasteiger partial charge >= 0.3 is 5.97 Å². The molecule has 2 aliphatic rings. The molecule has 3 rings (SSSR count). The Bertz CT molecular complexity index is 452. The summed E-state index contributed by atoms with van der Waals surface area (Å²) in [6.07, 6.45) is 11.1. The van der Waals surface area contributed by atoms with Gasteiger partial charge in [0.25, 0.3) is 0 Å². The minimum Gasteiger partial charge on any atom is -0.469 e. The van der Waals surface area contributed by atoms with Crippen LogP contribution in [0.2, 0.25) is 0 Å². The Morgan fingerprint density at radius 1 is 1.21 bits per heavy atom. The van der Waals surface area contributed by atoms with Crippen molar-refractivity contribution in [3.05, 3.63) is 23.8 Å². The second kappa shape index (κ2) is 5.27. The Morgan fingerprint density at radius 3 is 2.53 bits per heavy atom. The van der Waals surface area contributed by atoms with Gasteiger partial charge in [-0.1, -0.05) is 19.3 Å². The average molecular weight is 260 g/mol. The summed E-state index contributed by atoms with van der Waals surface area (Å²) in [6, 6.07) is 0. The number of aromatic nitrogens is 2. The normalized spacial score (nSPS) is 27.0. The lowest BCUT2D eigenvalue weighted by molar-refractivity contribution is -0.142. The van der Waals surface area contributed by atoms with Crippen LogP contribution in [-0.2, 0) is 9.53 Å². The van der Waals surface area contributed by atoms with Gasteiger partial charge in [-0.2, -0.15) is 0 Å². The zero-order valence-corrected chi connectivity index (χ0v) is 11.3. The van der Waals surface area contributed by atoms with E-state index in [-0.39, 0.29) is 17.8 Å². The summed E-state index contributed by atoms with van der Waals surface area (Å²) in [4.78, 5) is 20.4. The van der Waals surface area contributed by atoms with Crippen LogP contribution in [0, 0.1) is 5.92 Å². The van der Waals surface area contributed by atoms with E-state index in [1.165, 1.54) is 39.2 Å². The number of esters is 1. The topological polar surface area (TPSA) is 52.1 Å². The quantitative estimate of drug-likeness (QED) is 0.784. The van der Waals surface area contributed by atoms with E-state index in [9.17, 15) is 4.79 Å². The van der Waals surface area contributed by atoms with E-state index in [0.29, 0.717) is 5.92 Å². The molecule has 0 unspecified atom stereocenters. The third-order valence-corrected chi connectivity index (χ3v) is 4.38. The SMILES string of the molecule is COC(=O)[C@H]1C[C@@H]1c1cnc(C2CCCCC2)nc1. The fourth-order valence-electron chi connectivity index (χ4n) is 3.09. The van der Waals surface area contributed by atoms with Crippen molar-refractivity contribution in [1.29, 1.82) is 0 Å².